The Hall–Kier alpha value is -3.65. The van der Waals surface area contributed by atoms with Gasteiger partial charge in [-0.1, -0.05) is 36.4 Å². The zero-order valence-corrected chi connectivity index (χ0v) is 16.5. The van der Waals surface area contributed by atoms with Gasteiger partial charge in [0.25, 0.3) is 23.6 Å². The summed E-state index contributed by atoms with van der Waals surface area (Å²) in [7, 11) is 0. The van der Waals surface area contributed by atoms with E-state index in [1.165, 1.54) is 16.2 Å². The molecule has 2 aromatic rings. The van der Waals surface area contributed by atoms with Crippen LogP contribution in [0.1, 0.15) is 32.8 Å². The molecule has 0 spiro atoms. The minimum absolute atomic E-state index is 0.178. The van der Waals surface area contributed by atoms with Crippen molar-refractivity contribution in [2.75, 3.05) is 11.4 Å². The van der Waals surface area contributed by atoms with Gasteiger partial charge < -0.3 is 0 Å². The van der Waals surface area contributed by atoms with Crippen LogP contribution in [0.25, 0.3) is 0 Å². The van der Waals surface area contributed by atoms with E-state index in [4.69, 9.17) is 0 Å². The van der Waals surface area contributed by atoms with Crippen molar-refractivity contribution in [3.05, 3.63) is 81.9 Å². The highest BCUT2D eigenvalue weighted by Gasteiger charge is 2.38. The minimum atomic E-state index is -0.395. The summed E-state index contributed by atoms with van der Waals surface area (Å²) in [5, 5.41) is 2.03. The first-order valence-corrected chi connectivity index (χ1v) is 10.3. The average Bonchev–Trinajstić information content (AvgIpc) is 3.28. The lowest BCUT2D eigenvalue weighted by Crippen LogP contribution is -2.33. The van der Waals surface area contributed by atoms with Gasteiger partial charge in [-0.05, 0) is 18.6 Å². The Morgan fingerprint density at radius 1 is 0.867 bits per heavy atom. The van der Waals surface area contributed by atoms with Crippen LogP contribution in [-0.2, 0) is 16.0 Å². The lowest BCUT2D eigenvalue weighted by atomic mass is 10.1. The number of fused-ring (bicyclic) bond motifs is 1. The Morgan fingerprint density at radius 3 is 2.07 bits per heavy atom. The van der Waals surface area contributed by atoms with Gasteiger partial charge in [0.15, 0.2) is 5.13 Å². The third-order valence-corrected chi connectivity index (χ3v) is 6.07. The predicted molar refractivity (Wildman–Crippen MR) is 110 cm³/mol. The monoisotopic (exact) mass is 417 g/mol. The SMILES string of the molecule is O=C1C2=C(C=CCC=C2)C(=O)N1CCc1csc(N2C(=O)c3ccccc3C2=O)n1. The maximum atomic E-state index is 12.6. The van der Waals surface area contributed by atoms with Crippen LogP contribution in [-0.4, -0.2) is 40.1 Å². The molecule has 7 nitrogen and oxygen atoms in total. The van der Waals surface area contributed by atoms with E-state index >= 15 is 0 Å². The number of nitrogens with zero attached hydrogens (tertiary/aromatic N) is 3. The number of carbonyl (C=O) groups is 4. The van der Waals surface area contributed by atoms with Crippen molar-refractivity contribution in [2.24, 2.45) is 0 Å². The van der Waals surface area contributed by atoms with Gasteiger partial charge in [0.2, 0.25) is 0 Å². The summed E-state index contributed by atoms with van der Waals surface area (Å²) in [5.41, 5.74) is 2.17. The van der Waals surface area contributed by atoms with Crippen molar-refractivity contribution in [3.8, 4) is 0 Å². The number of rotatable bonds is 4. The summed E-state index contributed by atoms with van der Waals surface area (Å²) in [5.74, 6) is -1.41. The molecular formula is C22H15N3O4S. The van der Waals surface area contributed by atoms with E-state index in [1.54, 1.807) is 41.8 Å². The maximum Gasteiger partial charge on any atom is 0.268 e. The van der Waals surface area contributed by atoms with Crippen LogP contribution in [0.4, 0.5) is 5.13 Å². The highest BCUT2D eigenvalue weighted by Crippen LogP contribution is 2.31. The van der Waals surface area contributed by atoms with E-state index in [0.29, 0.717) is 40.8 Å². The van der Waals surface area contributed by atoms with Crippen molar-refractivity contribution in [1.82, 2.24) is 9.88 Å². The van der Waals surface area contributed by atoms with Crippen LogP contribution in [0, 0.1) is 0 Å². The Labute approximate surface area is 175 Å². The van der Waals surface area contributed by atoms with Crippen LogP contribution < -0.4 is 4.90 Å². The summed E-state index contributed by atoms with van der Waals surface area (Å²) >= 11 is 1.18. The van der Waals surface area contributed by atoms with Crippen LogP contribution in [0.3, 0.4) is 0 Å². The lowest BCUT2D eigenvalue weighted by molar-refractivity contribution is -0.137. The molecule has 1 aliphatic carbocycles. The number of carbonyl (C=O) groups excluding carboxylic acids is 4. The highest BCUT2D eigenvalue weighted by molar-refractivity contribution is 7.14. The Kier molecular flexibility index (Phi) is 4.29. The van der Waals surface area contributed by atoms with E-state index in [9.17, 15) is 19.2 Å². The van der Waals surface area contributed by atoms with E-state index in [2.05, 4.69) is 4.98 Å². The zero-order chi connectivity index (χ0) is 20.8. The Bertz CT molecular complexity index is 1150. The van der Waals surface area contributed by atoms with Crippen LogP contribution in [0.5, 0.6) is 0 Å². The summed E-state index contributed by atoms with van der Waals surface area (Å²) < 4.78 is 0. The molecular weight excluding hydrogens is 402 g/mol. The van der Waals surface area contributed by atoms with E-state index in [0.717, 1.165) is 4.90 Å². The molecule has 2 aliphatic heterocycles. The van der Waals surface area contributed by atoms with Crippen LogP contribution >= 0.6 is 11.3 Å². The van der Waals surface area contributed by atoms with Gasteiger partial charge in [-0.2, -0.15) is 0 Å². The van der Waals surface area contributed by atoms with Gasteiger partial charge >= 0.3 is 0 Å². The number of hydrogen-bond acceptors (Lipinski definition) is 6. The summed E-state index contributed by atoms with van der Waals surface area (Å²) in [6, 6.07) is 6.67. The molecule has 0 unspecified atom stereocenters. The second-order valence-corrected chi connectivity index (χ2v) is 7.83. The number of imide groups is 2. The van der Waals surface area contributed by atoms with Gasteiger partial charge in [-0.15, -0.1) is 11.3 Å². The second-order valence-electron chi connectivity index (χ2n) is 6.99. The van der Waals surface area contributed by atoms with Crippen LogP contribution in [0.2, 0.25) is 0 Å². The smallest absolute Gasteiger partial charge is 0.268 e. The van der Waals surface area contributed by atoms with Crippen molar-refractivity contribution in [1.29, 1.82) is 0 Å². The van der Waals surface area contributed by atoms with Crippen molar-refractivity contribution < 1.29 is 19.2 Å². The van der Waals surface area contributed by atoms with Gasteiger partial charge in [0.05, 0.1) is 28.0 Å². The molecule has 1 aromatic carbocycles. The number of hydrogen-bond donors (Lipinski definition) is 0. The standard InChI is InChI=1S/C22H15N3O4S/c26-18-14-6-2-1-3-7-15(14)19(27)24(18)11-10-13-12-30-22(23-13)25-20(28)16-8-4-5-9-17(16)21(25)29/h2-9,12H,1,10-11H2. The fourth-order valence-electron chi connectivity index (χ4n) is 3.69. The third-order valence-electron chi connectivity index (χ3n) is 5.20. The first-order chi connectivity index (χ1) is 14.6. The number of aromatic nitrogens is 1. The van der Waals surface area contributed by atoms with Crippen molar-refractivity contribution in [2.45, 2.75) is 12.8 Å². The zero-order valence-electron chi connectivity index (χ0n) is 15.7. The van der Waals surface area contributed by atoms with E-state index in [-0.39, 0.29) is 23.5 Å². The van der Waals surface area contributed by atoms with E-state index in [1.807, 2.05) is 12.2 Å². The molecule has 8 heteroatoms. The molecule has 3 aliphatic rings. The molecule has 0 saturated carbocycles. The molecule has 0 fully saturated rings. The highest BCUT2D eigenvalue weighted by atomic mass is 32.1. The largest absolute Gasteiger partial charge is 0.274 e. The van der Waals surface area contributed by atoms with Gasteiger partial charge in [-0.3, -0.25) is 24.1 Å². The number of amides is 4. The fourth-order valence-corrected chi connectivity index (χ4v) is 4.55. The number of benzene rings is 1. The molecule has 5 rings (SSSR count). The first-order valence-electron chi connectivity index (χ1n) is 9.42. The molecule has 1 aromatic heterocycles. The normalized spacial score (nSPS) is 17.9. The molecule has 0 radical (unpaired) electrons. The third kappa shape index (κ3) is 2.76. The van der Waals surface area contributed by atoms with E-state index < -0.39 is 11.8 Å². The molecule has 0 atom stereocenters. The molecule has 3 heterocycles. The quantitative estimate of drug-likeness (QED) is 0.714. The molecule has 30 heavy (non-hydrogen) atoms. The second kappa shape index (κ2) is 7.00. The van der Waals surface area contributed by atoms with Crippen molar-refractivity contribution in [3.63, 3.8) is 0 Å². The van der Waals surface area contributed by atoms with Crippen molar-refractivity contribution >= 4 is 40.1 Å². The topological polar surface area (TPSA) is 87.7 Å². The first kappa shape index (κ1) is 18.4. The number of thiazole rings is 1. The van der Waals surface area contributed by atoms with Gasteiger partial charge in [0, 0.05) is 18.3 Å². The molecule has 0 N–H and O–H groups in total. The number of anilines is 1. The predicted octanol–water partition coefficient (Wildman–Crippen LogP) is 2.67. The summed E-state index contributed by atoms with van der Waals surface area (Å²) in [6.45, 7) is 0.178. The molecule has 0 bridgehead atoms. The lowest BCUT2D eigenvalue weighted by Gasteiger charge is -2.14. The molecule has 0 saturated heterocycles. The van der Waals surface area contributed by atoms with Gasteiger partial charge in [-0.25, -0.2) is 9.88 Å². The fraction of sp³-hybridized carbons (Fsp3) is 0.136. The minimum Gasteiger partial charge on any atom is -0.274 e. The number of allylic oxidation sites excluding steroid dienone is 2. The Morgan fingerprint density at radius 2 is 1.47 bits per heavy atom. The average molecular weight is 417 g/mol. The van der Waals surface area contributed by atoms with Gasteiger partial charge in [0.1, 0.15) is 0 Å². The maximum absolute atomic E-state index is 12.6. The Balaban J connectivity index is 1.31. The molecule has 148 valence electrons. The summed E-state index contributed by atoms with van der Waals surface area (Å²) in [4.78, 5) is 57.1. The summed E-state index contributed by atoms with van der Waals surface area (Å²) in [6.07, 6.45) is 8.11. The molecule has 4 amide bonds. The van der Waals surface area contributed by atoms with Crippen LogP contribution in [0.15, 0.2) is 65.1 Å².